The average molecular weight is 472 g/mol. The normalized spacial score (nSPS) is 15.2. The van der Waals surface area contributed by atoms with E-state index in [1.807, 2.05) is 37.3 Å². The summed E-state index contributed by atoms with van der Waals surface area (Å²) in [6.45, 7) is 6.73. The van der Waals surface area contributed by atoms with Gasteiger partial charge in [0, 0.05) is 5.69 Å². The first-order valence-corrected chi connectivity index (χ1v) is 11.7. The van der Waals surface area contributed by atoms with Crippen LogP contribution >= 0.6 is 0 Å². The van der Waals surface area contributed by atoms with Crippen molar-refractivity contribution in [2.45, 2.75) is 33.2 Å². The molecule has 5 rings (SSSR count). The molecule has 0 bridgehead atoms. The van der Waals surface area contributed by atoms with Gasteiger partial charge >= 0.3 is 0 Å². The van der Waals surface area contributed by atoms with Crippen LogP contribution in [0.5, 0.6) is 5.75 Å². The molecule has 0 spiro atoms. The highest BCUT2D eigenvalue weighted by atomic mass is 19.1. The highest BCUT2D eigenvalue weighted by Gasteiger charge is 2.43. The molecule has 4 aromatic rings. The molecule has 2 heterocycles. The lowest BCUT2D eigenvalue weighted by Gasteiger charge is -2.25. The molecule has 6 heteroatoms. The van der Waals surface area contributed by atoms with Gasteiger partial charge in [0.15, 0.2) is 5.43 Å². The van der Waals surface area contributed by atoms with Gasteiger partial charge in [0.05, 0.1) is 23.6 Å². The number of hydrogen-bond acceptors (Lipinski definition) is 4. The van der Waals surface area contributed by atoms with E-state index in [1.54, 1.807) is 12.1 Å². The van der Waals surface area contributed by atoms with Crippen LogP contribution in [-0.2, 0) is 0 Å². The standard InChI is InChI=1S/C29H26FNO4/c1-17(2)13-14-34-22-6-4-5-19(16-22)26-25-27(32)23-15-18(3)7-12-24(23)35-28(25)29(33)31(26)21-10-8-20(30)9-11-21/h4-12,15-17,26H,13-14H2,1-3H3. The zero-order valence-corrected chi connectivity index (χ0v) is 19.9. The largest absolute Gasteiger partial charge is 0.494 e. The van der Waals surface area contributed by atoms with Crippen molar-refractivity contribution in [3.63, 3.8) is 0 Å². The molecule has 178 valence electrons. The molecule has 1 aliphatic rings. The summed E-state index contributed by atoms with van der Waals surface area (Å²) >= 11 is 0. The van der Waals surface area contributed by atoms with Gasteiger partial charge < -0.3 is 9.15 Å². The van der Waals surface area contributed by atoms with Gasteiger partial charge in [-0.2, -0.15) is 0 Å². The van der Waals surface area contributed by atoms with E-state index in [1.165, 1.54) is 29.2 Å². The van der Waals surface area contributed by atoms with Crippen molar-refractivity contribution in [2.75, 3.05) is 11.5 Å². The van der Waals surface area contributed by atoms with Crippen LogP contribution in [-0.4, -0.2) is 12.5 Å². The number of rotatable bonds is 6. The van der Waals surface area contributed by atoms with Gasteiger partial charge in [-0.15, -0.1) is 0 Å². The monoisotopic (exact) mass is 471 g/mol. The number of fused-ring (bicyclic) bond motifs is 2. The topological polar surface area (TPSA) is 59.8 Å². The second kappa shape index (κ2) is 9.02. The first-order chi connectivity index (χ1) is 16.8. The third kappa shape index (κ3) is 4.20. The van der Waals surface area contributed by atoms with Crippen LogP contribution in [0.3, 0.4) is 0 Å². The molecule has 0 aliphatic carbocycles. The number of aryl methyl sites for hydroxylation is 1. The van der Waals surface area contributed by atoms with Gasteiger partial charge in [-0.1, -0.05) is 37.6 Å². The van der Waals surface area contributed by atoms with E-state index < -0.39 is 17.8 Å². The maximum Gasteiger partial charge on any atom is 0.295 e. The molecule has 0 fully saturated rings. The van der Waals surface area contributed by atoms with Gasteiger partial charge in [0.1, 0.15) is 17.1 Å². The summed E-state index contributed by atoms with van der Waals surface area (Å²) in [6.07, 6.45) is 0.908. The maximum atomic E-state index is 13.7. The molecular weight excluding hydrogens is 445 g/mol. The predicted octanol–water partition coefficient (Wildman–Crippen LogP) is 6.42. The number of carbonyl (C=O) groups excluding carboxylic acids is 1. The Hall–Kier alpha value is -3.93. The van der Waals surface area contributed by atoms with E-state index in [4.69, 9.17) is 9.15 Å². The number of halogens is 1. The predicted molar refractivity (Wildman–Crippen MR) is 134 cm³/mol. The lowest BCUT2D eigenvalue weighted by atomic mass is 9.97. The van der Waals surface area contributed by atoms with Crippen LogP contribution < -0.4 is 15.1 Å². The lowest BCUT2D eigenvalue weighted by Crippen LogP contribution is -2.29. The molecule has 0 saturated heterocycles. The number of carbonyl (C=O) groups is 1. The van der Waals surface area contributed by atoms with E-state index >= 15 is 0 Å². The average Bonchev–Trinajstić information content (AvgIpc) is 3.13. The molecule has 0 N–H and O–H groups in total. The molecule has 3 aromatic carbocycles. The molecule has 0 radical (unpaired) electrons. The number of amides is 1. The zero-order valence-electron chi connectivity index (χ0n) is 19.9. The highest BCUT2D eigenvalue weighted by Crippen LogP contribution is 2.42. The lowest BCUT2D eigenvalue weighted by molar-refractivity contribution is 0.0971. The van der Waals surface area contributed by atoms with Crippen LogP contribution in [0.1, 0.15) is 53.6 Å². The third-order valence-corrected chi connectivity index (χ3v) is 6.27. The first-order valence-electron chi connectivity index (χ1n) is 11.7. The van der Waals surface area contributed by atoms with Crippen molar-refractivity contribution in [1.29, 1.82) is 0 Å². The number of hydrogen-bond donors (Lipinski definition) is 0. The van der Waals surface area contributed by atoms with Crippen molar-refractivity contribution in [2.24, 2.45) is 5.92 Å². The molecule has 5 nitrogen and oxygen atoms in total. The SMILES string of the molecule is Cc1ccc2oc3c(c(=O)c2c1)C(c1cccc(OCCC(C)C)c1)N(c1ccc(F)cc1)C3=O. The number of anilines is 1. The Kier molecular flexibility index (Phi) is 5.89. The number of ether oxygens (including phenoxy) is 1. The minimum Gasteiger partial charge on any atom is -0.494 e. The van der Waals surface area contributed by atoms with Crippen LogP contribution in [0.15, 0.2) is 75.9 Å². The Morgan fingerprint density at radius 1 is 1.03 bits per heavy atom. The van der Waals surface area contributed by atoms with Crippen LogP contribution in [0, 0.1) is 18.7 Å². The minimum absolute atomic E-state index is 0.00630. The summed E-state index contributed by atoms with van der Waals surface area (Å²) in [5.41, 5.74) is 2.48. The van der Waals surface area contributed by atoms with Crippen molar-refractivity contribution >= 4 is 22.6 Å². The van der Waals surface area contributed by atoms with E-state index in [2.05, 4.69) is 13.8 Å². The fourth-order valence-electron chi connectivity index (χ4n) is 4.46. The zero-order chi connectivity index (χ0) is 24.7. The molecule has 1 aliphatic heterocycles. The fraction of sp³-hybridized carbons (Fsp3) is 0.241. The summed E-state index contributed by atoms with van der Waals surface area (Å²) in [5, 5.41) is 0.423. The summed E-state index contributed by atoms with van der Waals surface area (Å²) in [4.78, 5) is 28.9. The highest BCUT2D eigenvalue weighted by molar-refractivity contribution is 6.10. The molecule has 0 saturated carbocycles. The van der Waals surface area contributed by atoms with Gasteiger partial charge in [-0.25, -0.2) is 4.39 Å². The van der Waals surface area contributed by atoms with Crippen molar-refractivity contribution in [3.8, 4) is 5.75 Å². The quantitative estimate of drug-likeness (QED) is 0.326. The Labute approximate surface area is 202 Å². The third-order valence-electron chi connectivity index (χ3n) is 6.27. The van der Waals surface area contributed by atoms with E-state index in [0.29, 0.717) is 40.5 Å². The molecule has 35 heavy (non-hydrogen) atoms. The Morgan fingerprint density at radius 2 is 1.80 bits per heavy atom. The van der Waals surface area contributed by atoms with E-state index in [9.17, 15) is 14.0 Å². The van der Waals surface area contributed by atoms with Crippen LogP contribution in [0.25, 0.3) is 11.0 Å². The van der Waals surface area contributed by atoms with Gasteiger partial charge in [-0.3, -0.25) is 14.5 Å². The Bertz CT molecular complexity index is 1470. The number of nitrogens with zero attached hydrogens (tertiary/aromatic N) is 1. The van der Waals surface area contributed by atoms with Gasteiger partial charge in [0.25, 0.3) is 5.91 Å². The van der Waals surface area contributed by atoms with Crippen molar-refractivity contribution < 1.29 is 18.3 Å². The first kappa shape index (κ1) is 22.8. The van der Waals surface area contributed by atoms with Crippen molar-refractivity contribution in [3.05, 3.63) is 105 Å². The van der Waals surface area contributed by atoms with Crippen molar-refractivity contribution in [1.82, 2.24) is 0 Å². The van der Waals surface area contributed by atoms with E-state index in [-0.39, 0.29) is 16.8 Å². The molecular formula is C29H26FNO4. The second-order valence-electron chi connectivity index (χ2n) is 9.33. The Balaban J connectivity index is 1.68. The molecule has 1 amide bonds. The van der Waals surface area contributed by atoms with Crippen LogP contribution in [0.4, 0.5) is 10.1 Å². The summed E-state index contributed by atoms with van der Waals surface area (Å²) in [7, 11) is 0. The minimum atomic E-state index is -0.738. The number of benzene rings is 3. The van der Waals surface area contributed by atoms with E-state index in [0.717, 1.165) is 12.0 Å². The smallest absolute Gasteiger partial charge is 0.295 e. The Morgan fingerprint density at radius 3 is 2.54 bits per heavy atom. The van der Waals surface area contributed by atoms with Crippen LogP contribution in [0.2, 0.25) is 0 Å². The summed E-state index contributed by atoms with van der Waals surface area (Å²) in [5.74, 6) is 0.316. The fourth-order valence-corrected chi connectivity index (χ4v) is 4.46. The van der Waals surface area contributed by atoms with Gasteiger partial charge in [-0.05, 0) is 73.4 Å². The molecule has 1 atom stereocenters. The summed E-state index contributed by atoms with van der Waals surface area (Å²) < 4.78 is 25.6. The maximum absolute atomic E-state index is 13.7. The molecule has 1 unspecified atom stereocenters. The molecule has 1 aromatic heterocycles. The van der Waals surface area contributed by atoms with Gasteiger partial charge in [0.2, 0.25) is 5.76 Å². The summed E-state index contributed by atoms with van der Waals surface area (Å²) in [6, 6.07) is 17.6. The second-order valence-corrected chi connectivity index (χ2v) is 9.33.